The van der Waals surface area contributed by atoms with Crippen molar-refractivity contribution in [2.24, 2.45) is 5.92 Å². The average molecular weight is 251 g/mol. The number of aromatic carboxylic acids is 1. The lowest BCUT2D eigenvalue weighted by molar-refractivity contribution is 0.0498. The molecule has 3 N–H and O–H groups in total. The predicted octanol–water partition coefficient (Wildman–Crippen LogP) is 1.77. The summed E-state index contributed by atoms with van der Waals surface area (Å²) in [7, 11) is 0. The summed E-state index contributed by atoms with van der Waals surface area (Å²) in [5.41, 5.74) is 6.41. The molecule has 0 saturated carbocycles. The van der Waals surface area contributed by atoms with Crippen molar-refractivity contribution in [3.05, 3.63) is 23.8 Å². The largest absolute Gasteiger partial charge is 0.491 e. The van der Waals surface area contributed by atoms with Crippen LogP contribution in [0.15, 0.2) is 18.2 Å². The minimum absolute atomic E-state index is 0.186. The molecule has 18 heavy (non-hydrogen) atoms. The molecule has 98 valence electrons. The van der Waals surface area contributed by atoms with E-state index in [2.05, 4.69) is 0 Å². The highest BCUT2D eigenvalue weighted by atomic mass is 16.5. The number of benzene rings is 1. The van der Waals surface area contributed by atoms with Crippen molar-refractivity contribution in [3.8, 4) is 5.75 Å². The van der Waals surface area contributed by atoms with Crippen molar-refractivity contribution in [1.29, 1.82) is 0 Å². The summed E-state index contributed by atoms with van der Waals surface area (Å²) in [6.45, 7) is 2.08. The van der Waals surface area contributed by atoms with Crippen molar-refractivity contribution in [1.82, 2.24) is 0 Å². The molecule has 1 aliphatic rings. The Labute approximate surface area is 106 Å². The normalized spacial score (nSPS) is 16.4. The molecule has 5 nitrogen and oxygen atoms in total. The number of ether oxygens (including phenoxy) is 2. The van der Waals surface area contributed by atoms with E-state index in [0.717, 1.165) is 26.1 Å². The standard InChI is InChI=1S/C13H17NO4/c14-11-2-1-10(13(15)16)7-12(11)18-8-9-3-5-17-6-4-9/h1-2,7,9H,3-6,8,14H2,(H,15,16). The number of nitrogens with two attached hydrogens (primary N) is 1. The zero-order valence-electron chi connectivity index (χ0n) is 10.1. The minimum Gasteiger partial charge on any atom is -0.491 e. The maximum absolute atomic E-state index is 10.9. The molecule has 0 unspecified atom stereocenters. The number of rotatable bonds is 4. The first kappa shape index (κ1) is 12.7. The molecular weight excluding hydrogens is 234 g/mol. The topological polar surface area (TPSA) is 81.8 Å². The summed E-state index contributed by atoms with van der Waals surface area (Å²) in [5, 5.41) is 8.90. The highest BCUT2D eigenvalue weighted by Gasteiger charge is 2.15. The van der Waals surface area contributed by atoms with Crippen LogP contribution in [0.2, 0.25) is 0 Å². The third-order valence-electron chi connectivity index (χ3n) is 3.08. The zero-order chi connectivity index (χ0) is 13.0. The average Bonchev–Trinajstić information content (AvgIpc) is 2.38. The molecule has 1 saturated heterocycles. The van der Waals surface area contributed by atoms with Crippen LogP contribution in [-0.2, 0) is 4.74 Å². The number of anilines is 1. The van der Waals surface area contributed by atoms with Gasteiger partial charge in [0.1, 0.15) is 5.75 Å². The molecular formula is C13H17NO4. The van der Waals surface area contributed by atoms with Gasteiger partial charge in [-0.25, -0.2) is 4.79 Å². The first-order chi connectivity index (χ1) is 8.66. The van der Waals surface area contributed by atoms with Crippen LogP contribution in [0.4, 0.5) is 5.69 Å². The van der Waals surface area contributed by atoms with Crippen LogP contribution >= 0.6 is 0 Å². The van der Waals surface area contributed by atoms with Crippen LogP contribution < -0.4 is 10.5 Å². The molecule has 5 heteroatoms. The second kappa shape index (κ2) is 5.73. The van der Waals surface area contributed by atoms with Crippen LogP contribution in [0.5, 0.6) is 5.75 Å². The molecule has 0 amide bonds. The summed E-state index contributed by atoms with van der Waals surface area (Å²) >= 11 is 0. The second-order valence-corrected chi connectivity index (χ2v) is 4.42. The number of carboxylic acids is 1. The van der Waals surface area contributed by atoms with E-state index in [-0.39, 0.29) is 5.56 Å². The third-order valence-corrected chi connectivity index (χ3v) is 3.08. The molecule has 1 heterocycles. The maximum atomic E-state index is 10.9. The molecule has 1 aliphatic heterocycles. The smallest absolute Gasteiger partial charge is 0.335 e. The number of hydrogen-bond acceptors (Lipinski definition) is 4. The fourth-order valence-electron chi connectivity index (χ4n) is 1.91. The van der Waals surface area contributed by atoms with E-state index in [4.69, 9.17) is 20.3 Å². The molecule has 2 rings (SSSR count). The van der Waals surface area contributed by atoms with Gasteiger partial charge in [0.05, 0.1) is 17.9 Å². The van der Waals surface area contributed by atoms with E-state index in [1.54, 1.807) is 6.07 Å². The quantitative estimate of drug-likeness (QED) is 0.797. The van der Waals surface area contributed by atoms with Gasteiger partial charge in [-0.05, 0) is 37.0 Å². The van der Waals surface area contributed by atoms with Crippen LogP contribution in [0, 0.1) is 5.92 Å². The highest BCUT2D eigenvalue weighted by molar-refractivity contribution is 5.89. The molecule has 0 spiro atoms. The lowest BCUT2D eigenvalue weighted by Gasteiger charge is -2.22. The SMILES string of the molecule is Nc1ccc(C(=O)O)cc1OCC1CCOCC1. The number of hydrogen-bond donors (Lipinski definition) is 2. The van der Waals surface area contributed by atoms with E-state index in [0.29, 0.717) is 24.0 Å². The number of carbonyl (C=O) groups is 1. The van der Waals surface area contributed by atoms with Gasteiger partial charge >= 0.3 is 5.97 Å². The van der Waals surface area contributed by atoms with Crippen molar-refractivity contribution in [3.63, 3.8) is 0 Å². The van der Waals surface area contributed by atoms with Gasteiger partial charge in [-0.2, -0.15) is 0 Å². The van der Waals surface area contributed by atoms with Crippen LogP contribution in [0.25, 0.3) is 0 Å². The molecule has 0 atom stereocenters. The number of nitrogen functional groups attached to an aromatic ring is 1. The van der Waals surface area contributed by atoms with E-state index >= 15 is 0 Å². The fourth-order valence-corrected chi connectivity index (χ4v) is 1.91. The lowest BCUT2D eigenvalue weighted by Crippen LogP contribution is -2.21. The Bertz CT molecular complexity index is 427. The fraction of sp³-hybridized carbons (Fsp3) is 0.462. The van der Waals surface area contributed by atoms with Crippen molar-refractivity contribution >= 4 is 11.7 Å². The summed E-state index contributed by atoms with van der Waals surface area (Å²) in [6, 6.07) is 4.50. The van der Waals surface area contributed by atoms with Gasteiger partial charge in [0, 0.05) is 13.2 Å². The Balaban J connectivity index is 1.99. The number of carboxylic acid groups (broad SMARTS) is 1. The summed E-state index contributed by atoms with van der Waals surface area (Å²) < 4.78 is 10.9. The minimum atomic E-state index is -0.981. The van der Waals surface area contributed by atoms with E-state index < -0.39 is 5.97 Å². The van der Waals surface area contributed by atoms with Gasteiger partial charge in [0.15, 0.2) is 0 Å². The van der Waals surface area contributed by atoms with Gasteiger partial charge in [0.2, 0.25) is 0 Å². The molecule has 0 radical (unpaired) electrons. The van der Waals surface area contributed by atoms with E-state index in [9.17, 15) is 4.79 Å². The monoisotopic (exact) mass is 251 g/mol. The van der Waals surface area contributed by atoms with Crippen molar-refractivity contribution in [2.75, 3.05) is 25.6 Å². The predicted molar refractivity (Wildman–Crippen MR) is 66.9 cm³/mol. The molecule has 1 aromatic carbocycles. The Morgan fingerprint density at radius 1 is 1.44 bits per heavy atom. The first-order valence-electron chi connectivity index (χ1n) is 6.00. The van der Waals surface area contributed by atoms with Crippen LogP contribution in [0.1, 0.15) is 23.2 Å². The van der Waals surface area contributed by atoms with Crippen molar-refractivity contribution in [2.45, 2.75) is 12.8 Å². The van der Waals surface area contributed by atoms with Gasteiger partial charge < -0.3 is 20.3 Å². The molecule has 0 bridgehead atoms. The molecule has 1 aromatic rings. The summed E-state index contributed by atoms with van der Waals surface area (Å²) in [4.78, 5) is 10.9. The van der Waals surface area contributed by atoms with E-state index in [1.807, 2.05) is 0 Å². The Hall–Kier alpha value is -1.75. The lowest BCUT2D eigenvalue weighted by atomic mass is 10.0. The van der Waals surface area contributed by atoms with Gasteiger partial charge in [-0.15, -0.1) is 0 Å². The molecule has 0 aliphatic carbocycles. The van der Waals surface area contributed by atoms with Crippen molar-refractivity contribution < 1.29 is 19.4 Å². The maximum Gasteiger partial charge on any atom is 0.335 e. The Kier molecular flexibility index (Phi) is 4.04. The molecule has 0 aromatic heterocycles. The molecule has 1 fully saturated rings. The van der Waals surface area contributed by atoms with E-state index in [1.165, 1.54) is 12.1 Å². The first-order valence-corrected chi connectivity index (χ1v) is 6.00. The summed E-state index contributed by atoms with van der Waals surface area (Å²) in [6.07, 6.45) is 1.94. The Morgan fingerprint density at radius 2 is 2.17 bits per heavy atom. The zero-order valence-corrected chi connectivity index (χ0v) is 10.1. The van der Waals surface area contributed by atoms with Gasteiger partial charge in [-0.3, -0.25) is 0 Å². The van der Waals surface area contributed by atoms with Gasteiger partial charge in [0.25, 0.3) is 0 Å². The highest BCUT2D eigenvalue weighted by Crippen LogP contribution is 2.25. The van der Waals surface area contributed by atoms with Crippen LogP contribution in [-0.4, -0.2) is 30.9 Å². The van der Waals surface area contributed by atoms with Crippen LogP contribution in [0.3, 0.4) is 0 Å². The second-order valence-electron chi connectivity index (χ2n) is 4.42. The van der Waals surface area contributed by atoms with Gasteiger partial charge in [-0.1, -0.05) is 0 Å². The Morgan fingerprint density at radius 3 is 2.83 bits per heavy atom. The third kappa shape index (κ3) is 3.13. The summed E-state index contributed by atoms with van der Waals surface area (Å²) in [5.74, 6) is -0.0843.